The summed E-state index contributed by atoms with van der Waals surface area (Å²) < 4.78 is 27.0. The lowest BCUT2D eigenvalue weighted by Gasteiger charge is -2.28. The molecule has 0 radical (unpaired) electrons. The van der Waals surface area contributed by atoms with E-state index in [1.165, 1.54) is 18.2 Å². The fraction of sp³-hybridized carbons (Fsp3) is 0.500. The van der Waals surface area contributed by atoms with Crippen molar-refractivity contribution in [3.63, 3.8) is 0 Å². The SMILES string of the molecule is O=S(=O)(NC1CCCCC1O)c1cccc(Cl)c1Cl. The predicted molar refractivity (Wildman–Crippen MR) is 75.0 cm³/mol. The van der Waals surface area contributed by atoms with Gasteiger partial charge in [0.1, 0.15) is 4.90 Å². The quantitative estimate of drug-likeness (QED) is 0.898. The van der Waals surface area contributed by atoms with E-state index in [0.29, 0.717) is 12.8 Å². The van der Waals surface area contributed by atoms with Crippen LogP contribution >= 0.6 is 23.2 Å². The minimum absolute atomic E-state index is 0.00182. The maximum absolute atomic E-state index is 12.3. The van der Waals surface area contributed by atoms with E-state index in [-0.39, 0.29) is 14.9 Å². The average Bonchev–Trinajstić information content (AvgIpc) is 2.35. The lowest BCUT2D eigenvalue weighted by atomic mass is 9.93. The average molecular weight is 324 g/mol. The Labute approximate surface area is 122 Å². The summed E-state index contributed by atoms with van der Waals surface area (Å²) in [5, 5.41) is 10.0. The molecular weight excluding hydrogens is 309 g/mol. The molecule has 1 aliphatic rings. The highest BCUT2D eigenvalue weighted by Gasteiger charge is 2.29. The van der Waals surface area contributed by atoms with Gasteiger partial charge in [-0.2, -0.15) is 0 Å². The topological polar surface area (TPSA) is 66.4 Å². The van der Waals surface area contributed by atoms with Crippen LogP contribution in [0.5, 0.6) is 0 Å². The Kier molecular flexibility index (Phi) is 4.74. The van der Waals surface area contributed by atoms with Crippen molar-refractivity contribution >= 4 is 33.2 Å². The molecule has 0 heterocycles. The van der Waals surface area contributed by atoms with Crippen LogP contribution in [0.15, 0.2) is 23.1 Å². The molecule has 0 spiro atoms. The Morgan fingerprint density at radius 1 is 1.21 bits per heavy atom. The van der Waals surface area contributed by atoms with E-state index < -0.39 is 22.2 Å². The molecule has 4 nitrogen and oxygen atoms in total. The molecule has 0 aliphatic heterocycles. The first-order valence-corrected chi connectivity index (χ1v) is 8.30. The summed E-state index contributed by atoms with van der Waals surface area (Å²) in [6, 6.07) is 3.98. The van der Waals surface area contributed by atoms with Crippen molar-refractivity contribution in [1.29, 1.82) is 0 Å². The first-order valence-electron chi connectivity index (χ1n) is 6.06. The number of benzene rings is 1. The molecule has 1 aliphatic carbocycles. The van der Waals surface area contributed by atoms with Crippen LogP contribution < -0.4 is 4.72 Å². The Bertz CT molecular complexity index is 562. The summed E-state index contributed by atoms with van der Waals surface area (Å²) in [5.74, 6) is 0. The smallest absolute Gasteiger partial charge is 0.242 e. The summed E-state index contributed by atoms with van der Waals surface area (Å²) in [5.41, 5.74) is 0. The Morgan fingerprint density at radius 3 is 2.58 bits per heavy atom. The van der Waals surface area contributed by atoms with Gasteiger partial charge in [0.25, 0.3) is 0 Å². The van der Waals surface area contributed by atoms with Crippen LogP contribution in [0.2, 0.25) is 10.0 Å². The molecule has 1 saturated carbocycles. The van der Waals surface area contributed by atoms with Crippen molar-refractivity contribution in [3.8, 4) is 0 Å². The maximum Gasteiger partial charge on any atom is 0.242 e. The summed E-state index contributed by atoms with van der Waals surface area (Å²) in [6.45, 7) is 0. The van der Waals surface area contributed by atoms with E-state index >= 15 is 0 Å². The molecule has 0 amide bonds. The fourth-order valence-corrected chi connectivity index (χ4v) is 4.27. The zero-order valence-corrected chi connectivity index (χ0v) is 12.5. The third-order valence-electron chi connectivity index (χ3n) is 3.24. The van der Waals surface area contributed by atoms with Gasteiger partial charge in [-0.3, -0.25) is 0 Å². The van der Waals surface area contributed by atoms with E-state index in [0.717, 1.165) is 12.8 Å². The molecule has 19 heavy (non-hydrogen) atoms. The van der Waals surface area contributed by atoms with Crippen molar-refractivity contribution < 1.29 is 13.5 Å². The minimum Gasteiger partial charge on any atom is -0.391 e. The molecule has 1 fully saturated rings. The van der Waals surface area contributed by atoms with Crippen LogP contribution in [-0.4, -0.2) is 25.7 Å². The predicted octanol–water partition coefficient (Wildman–Crippen LogP) is 2.58. The lowest BCUT2D eigenvalue weighted by molar-refractivity contribution is 0.101. The molecule has 106 valence electrons. The molecule has 2 unspecified atom stereocenters. The zero-order chi connectivity index (χ0) is 14.0. The van der Waals surface area contributed by atoms with Gasteiger partial charge in [0.2, 0.25) is 10.0 Å². The molecule has 1 aromatic carbocycles. The molecule has 1 aromatic rings. The zero-order valence-electron chi connectivity index (χ0n) is 10.1. The normalized spacial score (nSPS) is 24.4. The van der Waals surface area contributed by atoms with Gasteiger partial charge < -0.3 is 5.11 Å². The highest BCUT2D eigenvalue weighted by atomic mass is 35.5. The van der Waals surface area contributed by atoms with Crippen LogP contribution in [0.4, 0.5) is 0 Å². The lowest BCUT2D eigenvalue weighted by Crippen LogP contribution is -2.45. The summed E-state index contributed by atoms with van der Waals surface area (Å²) in [6.07, 6.45) is 2.39. The van der Waals surface area contributed by atoms with Crippen molar-refractivity contribution in [2.75, 3.05) is 0 Å². The Hall–Kier alpha value is -0.330. The minimum atomic E-state index is -3.77. The van der Waals surface area contributed by atoms with Crippen LogP contribution in [0.25, 0.3) is 0 Å². The van der Waals surface area contributed by atoms with Gasteiger partial charge in [0.05, 0.1) is 16.1 Å². The molecule has 0 aromatic heterocycles. The van der Waals surface area contributed by atoms with E-state index in [1.807, 2.05) is 0 Å². The second-order valence-corrected chi connectivity index (χ2v) is 7.10. The highest BCUT2D eigenvalue weighted by molar-refractivity contribution is 7.89. The molecule has 7 heteroatoms. The van der Waals surface area contributed by atoms with Crippen LogP contribution in [0.1, 0.15) is 25.7 Å². The molecule has 0 saturated heterocycles. The number of aliphatic hydroxyl groups excluding tert-OH is 1. The van der Waals surface area contributed by atoms with E-state index in [9.17, 15) is 13.5 Å². The Balaban J connectivity index is 2.25. The second kappa shape index (κ2) is 5.97. The first kappa shape index (κ1) is 15.1. The van der Waals surface area contributed by atoms with Gasteiger partial charge in [-0.25, -0.2) is 13.1 Å². The maximum atomic E-state index is 12.3. The summed E-state index contributed by atoms with van der Waals surface area (Å²) in [7, 11) is -3.77. The number of hydrogen-bond acceptors (Lipinski definition) is 3. The number of aliphatic hydroxyl groups is 1. The van der Waals surface area contributed by atoms with Gasteiger partial charge in [0, 0.05) is 6.04 Å². The van der Waals surface area contributed by atoms with Crippen LogP contribution in [-0.2, 0) is 10.0 Å². The van der Waals surface area contributed by atoms with Gasteiger partial charge >= 0.3 is 0 Å². The fourth-order valence-electron chi connectivity index (χ4n) is 2.20. The van der Waals surface area contributed by atoms with Crippen molar-refractivity contribution in [2.24, 2.45) is 0 Å². The summed E-state index contributed by atoms with van der Waals surface area (Å²) >= 11 is 11.7. The van der Waals surface area contributed by atoms with Gasteiger partial charge in [-0.05, 0) is 25.0 Å². The van der Waals surface area contributed by atoms with Crippen molar-refractivity contribution in [1.82, 2.24) is 4.72 Å². The standard InChI is InChI=1S/C12H15Cl2NO3S/c13-8-4-3-7-11(12(8)14)19(17,18)15-9-5-1-2-6-10(9)16/h3-4,7,9-10,15-16H,1-2,5-6H2. The van der Waals surface area contributed by atoms with Crippen molar-refractivity contribution in [2.45, 2.75) is 42.7 Å². The van der Waals surface area contributed by atoms with Crippen LogP contribution in [0.3, 0.4) is 0 Å². The monoisotopic (exact) mass is 323 g/mol. The molecular formula is C12H15Cl2NO3S. The largest absolute Gasteiger partial charge is 0.391 e. The molecule has 2 N–H and O–H groups in total. The molecule has 2 atom stereocenters. The van der Waals surface area contributed by atoms with E-state index in [4.69, 9.17) is 23.2 Å². The molecule has 2 rings (SSSR count). The van der Waals surface area contributed by atoms with Gasteiger partial charge in [-0.1, -0.05) is 42.1 Å². The van der Waals surface area contributed by atoms with Crippen LogP contribution in [0, 0.1) is 0 Å². The highest BCUT2D eigenvalue weighted by Crippen LogP contribution is 2.29. The second-order valence-electron chi connectivity index (χ2n) is 4.63. The Morgan fingerprint density at radius 2 is 1.89 bits per heavy atom. The number of rotatable bonds is 3. The number of halogens is 2. The number of sulfonamides is 1. The summed E-state index contributed by atoms with van der Waals surface area (Å²) in [4.78, 5) is -0.0561. The van der Waals surface area contributed by atoms with E-state index in [1.54, 1.807) is 0 Å². The van der Waals surface area contributed by atoms with Crippen molar-refractivity contribution in [3.05, 3.63) is 28.2 Å². The van der Waals surface area contributed by atoms with Gasteiger partial charge in [-0.15, -0.1) is 0 Å². The third kappa shape index (κ3) is 3.41. The van der Waals surface area contributed by atoms with E-state index in [2.05, 4.69) is 4.72 Å². The third-order valence-corrected chi connectivity index (χ3v) is 5.70. The first-order chi connectivity index (χ1) is 8.92. The van der Waals surface area contributed by atoms with Gasteiger partial charge in [0.15, 0.2) is 0 Å². The molecule has 0 bridgehead atoms. The number of nitrogens with one attached hydrogen (secondary N) is 1. The number of hydrogen-bond donors (Lipinski definition) is 2.